The Balaban J connectivity index is 1.53. The van der Waals surface area contributed by atoms with Crippen LogP contribution >= 0.6 is 11.3 Å². The summed E-state index contributed by atoms with van der Waals surface area (Å²) in [6, 6.07) is 12.7. The third kappa shape index (κ3) is 3.29. The summed E-state index contributed by atoms with van der Waals surface area (Å²) < 4.78 is 11.3. The van der Waals surface area contributed by atoms with Gasteiger partial charge in [0.15, 0.2) is 0 Å². The van der Waals surface area contributed by atoms with Gasteiger partial charge >= 0.3 is 0 Å². The van der Waals surface area contributed by atoms with Gasteiger partial charge in [0.05, 0.1) is 31.0 Å². The summed E-state index contributed by atoms with van der Waals surface area (Å²) >= 11 is 1.65. The summed E-state index contributed by atoms with van der Waals surface area (Å²) in [5, 5.41) is 4.52. The Labute approximate surface area is 145 Å². The minimum Gasteiger partial charge on any atom is -0.497 e. The molecule has 0 amide bonds. The standard InChI is InChI=1S/C19H20N2O2S/c1-22-18-5-4-14-8-16(3-2-15(14)9-18)19-11-21(6-7-23-19)10-17-12-24-13-20-17/h2-5,8-9,12-13,19H,6-7,10-11H2,1H3/t19-/m1/s1. The highest BCUT2D eigenvalue weighted by Crippen LogP contribution is 2.28. The fourth-order valence-corrected chi connectivity index (χ4v) is 3.71. The largest absolute Gasteiger partial charge is 0.497 e. The predicted octanol–water partition coefficient (Wildman–Crippen LogP) is 3.88. The summed E-state index contributed by atoms with van der Waals surface area (Å²) in [5.41, 5.74) is 4.27. The molecule has 5 heteroatoms. The van der Waals surface area contributed by atoms with E-state index in [2.05, 4.69) is 45.6 Å². The number of nitrogens with zero attached hydrogens (tertiary/aromatic N) is 2. The lowest BCUT2D eigenvalue weighted by Gasteiger charge is -2.32. The summed E-state index contributed by atoms with van der Waals surface area (Å²) in [6.07, 6.45) is 0.115. The highest BCUT2D eigenvalue weighted by Gasteiger charge is 2.22. The number of methoxy groups -OCH3 is 1. The summed E-state index contributed by atoms with van der Waals surface area (Å²) in [4.78, 5) is 6.81. The van der Waals surface area contributed by atoms with Crippen LogP contribution in [0, 0.1) is 0 Å². The van der Waals surface area contributed by atoms with Gasteiger partial charge in [-0.15, -0.1) is 11.3 Å². The van der Waals surface area contributed by atoms with Crippen LogP contribution in [0.3, 0.4) is 0 Å². The molecule has 1 aliphatic rings. The molecule has 2 aromatic carbocycles. The number of thiazole rings is 1. The van der Waals surface area contributed by atoms with Crippen molar-refractivity contribution in [3.63, 3.8) is 0 Å². The number of rotatable bonds is 4. The van der Waals surface area contributed by atoms with Crippen molar-refractivity contribution >= 4 is 22.1 Å². The number of fused-ring (bicyclic) bond motifs is 1. The number of hydrogen-bond acceptors (Lipinski definition) is 5. The molecule has 4 nitrogen and oxygen atoms in total. The first kappa shape index (κ1) is 15.6. The molecule has 1 atom stereocenters. The van der Waals surface area contributed by atoms with Crippen molar-refractivity contribution in [3.8, 4) is 5.75 Å². The normalized spacial score (nSPS) is 18.8. The molecular formula is C19H20N2O2S. The molecule has 3 aromatic rings. The average molecular weight is 340 g/mol. The molecule has 4 rings (SSSR count). The van der Waals surface area contributed by atoms with Crippen LogP contribution in [0.5, 0.6) is 5.75 Å². The minimum atomic E-state index is 0.115. The van der Waals surface area contributed by atoms with Crippen molar-refractivity contribution in [2.75, 3.05) is 26.8 Å². The average Bonchev–Trinajstić information content (AvgIpc) is 3.14. The Kier molecular flexibility index (Phi) is 4.47. The van der Waals surface area contributed by atoms with E-state index in [1.165, 1.54) is 16.3 Å². The van der Waals surface area contributed by atoms with Crippen molar-refractivity contribution in [2.45, 2.75) is 12.6 Å². The van der Waals surface area contributed by atoms with Crippen LogP contribution in [0.25, 0.3) is 10.8 Å². The van der Waals surface area contributed by atoms with E-state index in [4.69, 9.17) is 9.47 Å². The van der Waals surface area contributed by atoms with Gasteiger partial charge in [-0.2, -0.15) is 0 Å². The Morgan fingerprint density at radius 3 is 2.96 bits per heavy atom. The zero-order valence-corrected chi connectivity index (χ0v) is 14.5. The van der Waals surface area contributed by atoms with E-state index in [9.17, 15) is 0 Å². The van der Waals surface area contributed by atoms with Crippen LogP contribution in [0.2, 0.25) is 0 Å². The van der Waals surface area contributed by atoms with Crippen LogP contribution in [-0.2, 0) is 11.3 Å². The molecule has 0 saturated carbocycles. The SMILES string of the molecule is COc1ccc2cc([C@H]3CN(Cc4cscn4)CCO3)ccc2c1. The second kappa shape index (κ2) is 6.89. The summed E-state index contributed by atoms with van der Waals surface area (Å²) in [6.45, 7) is 3.52. The van der Waals surface area contributed by atoms with Crippen molar-refractivity contribution in [3.05, 3.63) is 58.5 Å². The molecule has 124 valence electrons. The minimum absolute atomic E-state index is 0.115. The molecule has 0 N–H and O–H groups in total. The maximum atomic E-state index is 6.02. The maximum Gasteiger partial charge on any atom is 0.119 e. The van der Waals surface area contributed by atoms with E-state index in [0.717, 1.165) is 37.7 Å². The molecule has 1 aromatic heterocycles. The quantitative estimate of drug-likeness (QED) is 0.722. The molecule has 24 heavy (non-hydrogen) atoms. The number of ether oxygens (including phenoxy) is 2. The number of aromatic nitrogens is 1. The van der Waals surface area contributed by atoms with Crippen LogP contribution in [0.4, 0.5) is 0 Å². The Bertz CT molecular complexity index is 819. The van der Waals surface area contributed by atoms with Crippen LogP contribution < -0.4 is 4.74 Å². The molecular weight excluding hydrogens is 320 g/mol. The van der Waals surface area contributed by atoms with Gasteiger partial charge in [0.2, 0.25) is 0 Å². The molecule has 0 spiro atoms. The van der Waals surface area contributed by atoms with E-state index in [1.54, 1.807) is 18.4 Å². The van der Waals surface area contributed by atoms with Gasteiger partial charge in [0.1, 0.15) is 5.75 Å². The Hall–Kier alpha value is -1.95. The monoisotopic (exact) mass is 340 g/mol. The van der Waals surface area contributed by atoms with Gasteiger partial charge in [0.25, 0.3) is 0 Å². The maximum absolute atomic E-state index is 6.02. The van der Waals surface area contributed by atoms with Gasteiger partial charge < -0.3 is 9.47 Å². The van der Waals surface area contributed by atoms with Gasteiger partial charge in [-0.3, -0.25) is 4.90 Å². The molecule has 2 heterocycles. The Morgan fingerprint density at radius 2 is 2.12 bits per heavy atom. The van der Waals surface area contributed by atoms with Gasteiger partial charge in [-0.25, -0.2) is 4.98 Å². The Morgan fingerprint density at radius 1 is 1.25 bits per heavy atom. The first-order chi connectivity index (χ1) is 11.8. The molecule has 1 fully saturated rings. The fourth-order valence-electron chi connectivity index (χ4n) is 3.16. The highest BCUT2D eigenvalue weighted by atomic mass is 32.1. The molecule has 1 aliphatic heterocycles. The van der Waals surface area contributed by atoms with E-state index in [1.807, 2.05) is 11.6 Å². The zero-order valence-electron chi connectivity index (χ0n) is 13.6. The first-order valence-corrected chi connectivity index (χ1v) is 9.05. The first-order valence-electron chi connectivity index (χ1n) is 8.10. The van der Waals surface area contributed by atoms with Gasteiger partial charge in [0, 0.05) is 25.0 Å². The van der Waals surface area contributed by atoms with Crippen molar-refractivity contribution in [1.82, 2.24) is 9.88 Å². The lowest BCUT2D eigenvalue weighted by molar-refractivity contribution is -0.0331. The second-order valence-electron chi connectivity index (χ2n) is 6.05. The van der Waals surface area contributed by atoms with Crippen molar-refractivity contribution < 1.29 is 9.47 Å². The van der Waals surface area contributed by atoms with E-state index in [0.29, 0.717) is 0 Å². The number of benzene rings is 2. The molecule has 0 aliphatic carbocycles. The van der Waals surface area contributed by atoms with Crippen LogP contribution in [0.15, 0.2) is 47.3 Å². The third-order valence-electron chi connectivity index (χ3n) is 4.46. The smallest absolute Gasteiger partial charge is 0.119 e. The van der Waals surface area contributed by atoms with E-state index >= 15 is 0 Å². The number of hydrogen-bond donors (Lipinski definition) is 0. The highest BCUT2D eigenvalue weighted by molar-refractivity contribution is 7.07. The van der Waals surface area contributed by atoms with Crippen LogP contribution in [0.1, 0.15) is 17.4 Å². The zero-order chi connectivity index (χ0) is 16.4. The van der Waals surface area contributed by atoms with E-state index in [-0.39, 0.29) is 6.10 Å². The fraction of sp³-hybridized carbons (Fsp3) is 0.316. The molecule has 1 saturated heterocycles. The topological polar surface area (TPSA) is 34.6 Å². The second-order valence-corrected chi connectivity index (χ2v) is 6.77. The summed E-state index contributed by atoms with van der Waals surface area (Å²) in [5.74, 6) is 0.888. The third-order valence-corrected chi connectivity index (χ3v) is 5.10. The van der Waals surface area contributed by atoms with Crippen molar-refractivity contribution in [1.29, 1.82) is 0 Å². The lowest BCUT2D eigenvalue weighted by Crippen LogP contribution is -2.37. The van der Waals surface area contributed by atoms with Gasteiger partial charge in [-0.05, 0) is 34.5 Å². The summed E-state index contributed by atoms with van der Waals surface area (Å²) in [7, 11) is 1.70. The van der Waals surface area contributed by atoms with Crippen molar-refractivity contribution in [2.24, 2.45) is 0 Å². The van der Waals surface area contributed by atoms with E-state index < -0.39 is 0 Å². The number of morpholine rings is 1. The molecule has 0 bridgehead atoms. The van der Waals surface area contributed by atoms with Gasteiger partial charge in [-0.1, -0.05) is 18.2 Å². The predicted molar refractivity (Wildman–Crippen MR) is 96.6 cm³/mol. The van der Waals surface area contributed by atoms with Crippen LogP contribution in [-0.4, -0.2) is 36.7 Å². The molecule has 0 unspecified atom stereocenters. The molecule has 0 radical (unpaired) electrons. The lowest BCUT2D eigenvalue weighted by atomic mass is 10.0.